The molecule has 6 heteroatoms. The molecule has 22 heavy (non-hydrogen) atoms. The zero-order valence-corrected chi connectivity index (χ0v) is 14.0. The van der Waals surface area contributed by atoms with E-state index in [1.807, 2.05) is 26.8 Å². The van der Waals surface area contributed by atoms with Crippen LogP contribution in [-0.2, 0) is 11.3 Å². The van der Waals surface area contributed by atoms with E-state index in [4.69, 9.17) is 16.3 Å². The second-order valence-electron chi connectivity index (χ2n) is 6.76. The summed E-state index contributed by atoms with van der Waals surface area (Å²) < 4.78 is 7.63. The molecule has 3 heterocycles. The summed E-state index contributed by atoms with van der Waals surface area (Å²) in [5.74, 6) is 0. The Morgan fingerprint density at radius 3 is 2.82 bits per heavy atom. The molecule has 0 fully saturated rings. The molecule has 0 N–H and O–H groups in total. The number of carbonyl (C=O) groups is 1. The van der Waals surface area contributed by atoms with Gasteiger partial charge < -0.3 is 14.2 Å². The normalized spacial score (nSPS) is 18.4. The van der Waals surface area contributed by atoms with E-state index < -0.39 is 5.60 Å². The highest BCUT2D eigenvalue weighted by Crippen LogP contribution is 2.30. The van der Waals surface area contributed by atoms with E-state index in [1.54, 1.807) is 11.0 Å². The topological polar surface area (TPSA) is 47.4 Å². The van der Waals surface area contributed by atoms with Crippen molar-refractivity contribution in [2.24, 2.45) is 0 Å². The van der Waals surface area contributed by atoms with Crippen molar-refractivity contribution in [2.45, 2.75) is 45.9 Å². The molecule has 0 saturated carbocycles. The first-order valence-electron chi connectivity index (χ1n) is 7.39. The average molecular weight is 322 g/mol. The monoisotopic (exact) mass is 321 g/mol. The highest BCUT2D eigenvalue weighted by atomic mass is 35.5. The molecule has 1 aliphatic heterocycles. The number of ether oxygens (including phenoxy) is 1. The predicted molar refractivity (Wildman–Crippen MR) is 86.1 cm³/mol. The van der Waals surface area contributed by atoms with Gasteiger partial charge in [0.1, 0.15) is 16.4 Å². The number of hydrogen-bond acceptors (Lipinski definition) is 3. The lowest BCUT2D eigenvalue weighted by Gasteiger charge is -2.34. The van der Waals surface area contributed by atoms with Gasteiger partial charge in [-0.05, 0) is 45.9 Å². The number of halogens is 1. The molecule has 2 aromatic rings. The third-order valence-corrected chi connectivity index (χ3v) is 3.87. The molecular weight excluding hydrogens is 302 g/mol. The molecule has 3 rings (SSSR count). The molecule has 118 valence electrons. The van der Waals surface area contributed by atoms with Gasteiger partial charge in [0.05, 0.1) is 12.6 Å². The van der Waals surface area contributed by atoms with E-state index in [9.17, 15) is 4.79 Å². The van der Waals surface area contributed by atoms with Gasteiger partial charge in [0, 0.05) is 17.6 Å². The third kappa shape index (κ3) is 2.77. The summed E-state index contributed by atoms with van der Waals surface area (Å²) in [6.45, 7) is 8.82. The Balaban J connectivity index is 1.93. The van der Waals surface area contributed by atoms with Crippen LogP contribution in [0.4, 0.5) is 4.79 Å². The Labute approximate surface area is 134 Å². The van der Waals surface area contributed by atoms with Crippen molar-refractivity contribution in [3.8, 4) is 0 Å². The summed E-state index contributed by atoms with van der Waals surface area (Å²) >= 11 is 6.01. The van der Waals surface area contributed by atoms with E-state index in [1.165, 1.54) is 0 Å². The van der Waals surface area contributed by atoms with Crippen LogP contribution in [0, 0.1) is 0 Å². The van der Waals surface area contributed by atoms with Crippen LogP contribution in [0.1, 0.15) is 39.4 Å². The maximum Gasteiger partial charge on any atom is 0.410 e. The molecule has 0 unspecified atom stereocenters. The van der Waals surface area contributed by atoms with Gasteiger partial charge in [-0.2, -0.15) is 0 Å². The fourth-order valence-electron chi connectivity index (χ4n) is 2.87. The second kappa shape index (κ2) is 5.16. The van der Waals surface area contributed by atoms with E-state index >= 15 is 0 Å². The van der Waals surface area contributed by atoms with Crippen molar-refractivity contribution in [3.63, 3.8) is 0 Å². The molecule has 0 spiro atoms. The summed E-state index contributed by atoms with van der Waals surface area (Å²) in [6, 6.07) is 5.93. The van der Waals surface area contributed by atoms with Crippen LogP contribution in [0.25, 0.3) is 11.0 Å². The van der Waals surface area contributed by atoms with Gasteiger partial charge in [0.2, 0.25) is 0 Å². The smallest absolute Gasteiger partial charge is 0.410 e. The van der Waals surface area contributed by atoms with Crippen molar-refractivity contribution in [1.29, 1.82) is 0 Å². The Morgan fingerprint density at radius 2 is 2.14 bits per heavy atom. The highest BCUT2D eigenvalue weighted by Gasteiger charge is 2.30. The number of rotatable bonds is 0. The number of aromatic nitrogens is 2. The van der Waals surface area contributed by atoms with E-state index in [0.29, 0.717) is 18.2 Å². The number of pyridine rings is 1. The van der Waals surface area contributed by atoms with Gasteiger partial charge in [0.15, 0.2) is 0 Å². The summed E-state index contributed by atoms with van der Waals surface area (Å²) in [5.41, 5.74) is 1.44. The lowest BCUT2D eigenvalue weighted by Crippen LogP contribution is -2.42. The van der Waals surface area contributed by atoms with Crippen LogP contribution in [0.2, 0.25) is 5.15 Å². The molecule has 2 aromatic heterocycles. The first-order chi connectivity index (χ1) is 10.2. The number of carbonyl (C=O) groups excluding carboxylic acids is 1. The molecule has 1 aliphatic rings. The molecule has 0 bridgehead atoms. The lowest BCUT2D eigenvalue weighted by molar-refractivity contribution is 0.0175. The molecular formula is C16H20ClN3O2. The zero-order chi connectivity index (χ0) is 16.1. The number of nitrogens with zero attached hydrogens (tertiary/aromatic N) is 3. The second-order valence-corrected chi connectivity index (χ2v) is 7.15. The van der Waals surface area contributed by atoms with E-state index in [0.717, 1.165) is 16.7 Å². The number of hydrogen-bond donors (Lipinski definition) is 0. The lowest BCUT2D eigenvalue weighted by atomic mass is 10.2. The average Bonchev–Trinajstić information content (AvgIpc) is 2.74. The number of amides is 1. The van der Waals surface area contributed by atoms with Gasteiger partial charge >= 0.3 is 6.09 Å². The van der Waals surface area contributed by atoms with Crippen molar-refractivity contribution in [2.75, 3.05) is 6.54 Å². The first-order valence-corrected chi connectivity index (χ1v) is 7.77. The standard InChI is InChI=1S/C16H20ClN3O2/c1-10-8-19(15(21)22-16(2,3)4)9-12-7-11-5-6-13(17)18-14(11)20(10)12/h5-7,10H,8-9H2,1-4H3/t10-/m1/s1. The fourth-order valence-corrected chi connectivity index (χ4v) is 3.01. The fraction of sp³-hybridized carbons (Fsp3) is 0.500. The Hall–Kier alpha value is -1.75. The minimum Gasteiger partial charge on any atom is -0.444 e. The Kier molecular flexibility index (Phi) is 3.56. The highest BCUT2D eigenvalue weighted by molar-refractivity contribution is 6.29. The van der Waals surface area contributed by atoms with Crippen LogP contribution in [-0.4, -0.2) is 32.7 Å². The van der Waals surface area contributed by atoms with E-state index in [-0.39, 0.29) is 12.1 Å². The van der Waals surface area contributed by atoms with Gasteiger partial charge in [-0.25, -0.2) is 9.78 Å². The predicted octanol–water partition coefficient (Wildman–Crippen LogP) is 4.00. The van der Waals surface area contributed by atoms with Gasteiger partial charge in [0.25, 0.3) is 0 Å². The summed E-state index contributed by atoms with van der Waals surface area (Å²) in [7, 11) is 0. The molecule has 0 radical (unpaired) electrons. The molecule has 1 atom stereocenters. The maximum atomic E-state index is 12.3. The molecule has 5 nitrogen and oxygen atoms in total. The quantitative estimate of drug-likeness (QED) is 0.689. The molecule has 0 aliphatic carbocycles. The Bertz CT molecular complexity index is 733. The largest absolute Gasteiger partial charge is 0.444 e. The Morgan fingerprint density at radius 1 is 1.41 bits per heavy atom. The van der Waals surface area contributed by atoms with Crippen molar-refractivity contribution >= 4 is 28.7 Å². The van der Waals surface area contributed by atoms with Gasteiger partial charge in [-0.1, -0.05) is 11.6 Å². The molecule has 1 amide bonds. The summed E-state index contributed by atoms with van der Waals surface area (Å²) in [6.07, 6.45) is -0.276. The van der Waals surface area contributed by atoms with Crippen LogP contribution in [0.5, 0.6) is 0 Å². The molecule has 0 saturated heterocycles. The minimum atomic E-state index is -0.487. The summed E-state index contributed by atoms with van der Waals surface area (Å²) in [4.78, 5) is 18.5. The minimum absolute atomic E-state index is 0.125. The molecule has 0 aromatic carbocycles. The van der Waals surface area contributed by atoms with Crippen LogP contribution >= 0.6 is 11.6 Å². The first kappa shape index (κ1) is 15.2. The SMILES string of the molecule is C[C@@H]1CN(C(=O)OC(C)(C)C)Cc2cc3ccc(Cl)nc3n21. The van der Waals surface area contributed by atoms with E-state index in [2.05, 4.69) is 22.5 Å². The van der Waals surface area contributed by atoms with Crippen LogP contribution in [0.15, 0.2) is 18.2 Å². The van der Waals surface area contributed by atoms with Crippen LogP contribution in [0.3, 0.4) is 0 Å². The maximum absolute atomic E-state index is 12.3. The zero-order valence-electron chi connectivity index (χ0n) is 13.3. The number of fused-ring (bicyclic) bond motifs is 3. The van der Waals surface area contributed by atoms with Gasteiger partial charge in [-0.3, -0.25) is 0 Å². The summed E-state index contributed by atoms with van der Waals surface area (Å²) in [5, 5.41) is 1.52. The van der Waals surface area contributed by atoms with Crippen molar-refractivity contribution < 1.29 is 9.53 Å². The van der Waals surface area contributed by atoms with Crippen molar-refractivity contribution in [1.82, 2.24) is 14.5 Å². The third-order valence-electron chi connectivity index (χ3n) is 3.66. The van der Waals surface area contributed by atoms with Crippen molar-refractivity contribution in [3.05, 3.63) is 29.0 Å². The van der Waals surface area contributed by atoms with Crippen LogP contribution < -0.4 is 0 Å². The van der Waals surface area contributed by atoms with Gasteiger partial charge in [-0.15, -0.1) is 0 Å².